The summed E-state index contributed by atoms with van der Waals surface area (Å²) in [6, 6.07) is 7.60. The van der Waals surface area contributed by atoms with E-state index in [9.17, 15) is 44.4 Å². The number of carboxylic acids is 1. The van der Waals surface area contributed by atoms with Crippen LogP contribution in [0.2, 0.25) is 0 Å². The zero-order valence-corrected chi connectivity index (χ0v) is 35.0. The SMILES string of the molecule is COC1=CC(=O)C=C(C)[C@]1(O)C(=O)Oc1c(C)c(C)c(C(=O)Oc2cc(C)c(C(=O)Oc3c(C)c(C)c(C(=O)O)c(-c4cccc(O)c4)c3C)c(C)c2C)c(O)c1Br. The first-order valence-electron chi connectivity index (χ1n) is 17.7. The number of rotatable bonds is 9. The molecule has 0 unspecified atom stereocenters. The number of aromatic hydroxyl groups is 2. The number of carbonyl (C=O) groups excluding carboxylic acids is 4. The van der Waals surface area contributed by atoms with Gasteiger partial charge in [-0.2, -0.15) is 0 Å². The molecule has 0 amide bonds. The van der Waals surface area contributed by atoms with E-state index in [1.54, 1.807) is 53.7 Å². The van der Waals surface area contributed by atoms with Crippen LogP contribution in [-0.2, 0) is 14.3 Å². The summed E-state index contributed by atoms with van der Waals surface area (Å²) in [4.78, 5) is 65.6. The first kappa shape index (κ1) is 42.9. The molecule has 0 saturated carbocycles. The molecule has 302 valence electrons. The molecule has 0 spiro atoms. The Balaban J connectivity index is 1.47. The Morgan fingerprint density at radius 2 is 1.28 bits per heavy atom. The number of aryl methyl sites for hydroxylation is 1. The molecule has 14 heteroatoms. The van der Waals surface area contributed by atoms with Crippen molar-refractivity contribution in [3.05, 3.63) is 119 Å². The third-order valence-electron chi connectivity index (χ3n) is 10.6. The number of carbonyl (C=O) groups is 5. The van der Waals surface area contributed by atoms with Gasteiger partial charge in [0.2, 0.25) is 5.60 Å². The molecule has 0 heterocycles. The summed E-state index contributed by atoms with van der Waals surface area (Å²) in [6.45, 7) is 14.2. The van der Waals surface area contributed by atoms with E-state index < -0.39 is 41.0 Å². The normalized spacial score (nSPS) is 15.0. The fourth-order valence-electron chi connectivity index (χ4n) is 7.04. The highest BCUT2D eigenvalue weighted by Gasteiger charge is 2.48. The quantitative estimate of drug-likeness (QED) is 0.0938. The molecular weight excluding hydrogens is 816 g/mol. The van der Waals surface area contributed by atoms with E-state index in [4.69, 9.17) is 18.9 Å². The van der Waals surface area contributed by atoms with Crippen molar-refractivity contribution >= 4 is 45.6 Å². The number of methoxy groups -OCH3 is 1. The topological polar surface area (TPSA) is 203 Å². The van der Waals surface area contributed by atoms with Crippen LogP contribution in [0.5, 0.6) is 28.7 Å². The summed E-state index contributed by atoms with van der Waals surface area (Å²) >= 11 is 3.21. The number of benzene rings is 4. The van der Waals surface area contributed by atoms with Crippen LogP contribution in [0.25, 0.3) is 11.1 Å². The van der Waals surface area contributed by atoms with E-state index in [0.29, 0.717) is 38.9 Å². The second-order valence-electron chi connectivity index (χ2n) is 14.1. The standard InChI is InChI=1S/C44H41BrO13/c1-18-14-30(56-42(52)35-23(6)25(8)39(36(45)37(35)48)58-43(53)44(54)19(2)15-29(47)17-31(44)55-10)20(3)21(4)32(18)41(51)57-38-24(7)22(5)34(40(49)50)33(26(38)9)27-12-11-13-28(46)16-27/h11-17,46,48,54H,1-10H3,(H,49,50)/t44-/m1/s1. The second-order valence-corrected chi connectivity index (χ2v) is 14.9. The summed E-state index contributed by atoms with van der Waals surface area (Å²) < 4.78 is 22.3. The smallest absolute Gasteiger partial charge is 0.356 e. The van der Waals surface area contributed by atoms with Crippen LogP contribution in [0, 0.1) is 55.4 Å². The van der Waals surface area contributed by atoms with E-state index in [2.05, 4.69) is 15.9 Å². The summed E-state index contributed by atoms with van der Waals surface area (Å²) in [5.41, 5.74) is 0.960. The maximum Gasteiger partial charge on any atom is 0.356 e. The van der Waals surface area contributed by atoms with Crippen LogP contribution in [0.3, 0.4) is 0 Å². The maximum atomic E-state index is 14.0. The molecule has 4 aromatic carbocycles. The number of ether oxygens (including phenoxy) is 4. The minimum absolute atomic E-state index is 0.0104. The molecule has 4 N–H and O–H groups in total. The molecule has 1 atom stereocenters. The fourth-order valence-corrected chi connectivity index (χ4v) is 7.62. The van der Waals surface area contributed by atoms with E-state index in [1.807, 2.05) is 0 Å². The number of aromatic carboxylic acids is 1. The lowest BCUT2D eigenvalue weighted by Crippen LogP contribution is -2.47. The van der Waals surface area contributed by atoms with Gasteiger partial charge in [0.25, 0.3) is 0 Å². The predicted molar refractivity (Wildman–Crippen MR) is 215 cm³/mol. The lowest BCUT2D eigenvalue weighted by atomic mass is 9.87. The number of esters is 3. The molecular formula is C44H41BrO13. The largest absolute Gasteiger partial charge is 0.508 e. The molecule has 0 aliphatic heterocycles. The number of phenolic OH excluding ortho intramolecular Hbond substituents is 2. The average Bonchev–Trinajstić information content (AvgIpc) is 3.15. The lowest BCUT2D eigenvalue weighted by Gasteiger charge is -2.30. The number of hydrogen-bond acceptors (Lipinski definition) is 12. The summed E-state index contributed by atoms with van der Waals surface area (Å²) in [7, 11) is 1.18. The van der Waals surface area contributed by atoms with Crippen LogP contribution in [-0.4, -0.2) is 62.8 Å². The zero-order valence-electron chi connectivity index (χ0n) is 33.4. The number of hydrogen-bond donors (Lipinski definition) is 4. The van der Waals surface area contributed by atoms with Crippen molar-refractivity contribution in [2.24, 2.45) is 0 Å². The maximum absolute atomic E-state index is 14.0. The number of halogens is 1. The third-order valence-corrected chi connectivity index (χ3v) is 11.4. The molecule has 0 bridgehead atoms. The summed E-state index contributed by atoms with van der Waals surface area (Å²) in [6.07, 6.45) is 2.02. The van der Waals surface area contributed by atoms with Crippen LogP contribution in [0.4, 0.5) is 0 Å². The Kier molecular flexibility index (Phi) is 11.8. The summed E-state index contributed by atoms with van der Waals surface area (Å²) in [5, 5.41) is 42.9. The van der Waals surface area contributed by atoms with Crippen LogP contribution >= 0.6 is 15.9 Å². The monoisotopic (exact) mass is 856 g/mol. The Bertz CT molecular complexity index is 2530. The van der Waals surface area contributed by atoms with Gasteiger partial charge in [0.05, 0.1) is 18.2 Å². The molecule has 1 aliphatic carbocycles. The van der Waals surface area contributed by atoms with Gasteiger partial charge in [-0.05, 0) is 153 Å². The lowest BCUT2D eigenvalue weighted by molar-refractivity contribution is -0.151. The van der Waals surface area contributed by atoms with Gasteiger partial charge in [-0.3, -0.25) is 4.79 Å². The Labute approximate surface area is 342 Å². The van der Waals surface area contributed by atoms with E-state index in [0.717, 1.165) is 12.2 Å². The van der Waals surface area contributed by atoms with Crippen molar-refractivity contribution in [2.45, 2.75) is 67.9 Å². The highest BCUT2D eigenvalue weighted by molar-refractivity contribution is 9.10. The minimum atomic E-state index is -2.45. The van der Waals surface area contributed by atoms with Gasteiger partial charge in [-0.25, -0.2) is 19.2 Å². The molecule has 5 rings (SSSR count). The van der Waals surface area contributed by atoms with Crippen molar-refractivity contribution in [1.82, 2.24) is 0 Å². The van der Waals surface area contributed by atoms with E-state index in [1.165, 1.54) is 46.1 Å². The van der Waals surface area contributed by atoms with Crippen molar-refractivity contribution in [3.63, 3.8) is 0 Å². The van der Waals surface area contributed by atoms with Gasteiger partial charge in [-0.15, -0.1) is 0 Å². The fraction of sp³-hybridized carbons (Fsp3) is 0.250. The predicted octanol–water partition coefficient (Wildman–Crippen LogP) is 7.83. The minimum Gasteiger partial charge on any atom is -0.508 e. The van der Waals surface area contributed by atoms with Crippen LogP contribution in [0.15, 0.2) is 58.3 Å². The van der Waals surface area contributed by atoms with Crippen molar-refractivity contribution in [3.8, 4) is 39.9 Å². The van der Waals surface area contributed by atoms with E-state index in [-0.39, 0.29) is 72.2 Å². The number of allylic oxidation sites excluding steroid dienone is 2. The molecule has 0 aromatic heterocycles. The Hall–Kier alpha value is -6.25. The van der Waals surface area contributed by atoms with Crippen molar-refractivity contribution < 1.29 is 63.3 Å². The van der Waals surface area contributed by atoms with Gasteiger partial charge in [0.15, 0.2) is 11.5 Å². The molecule has 58 heavy (non-hydrogen) atoms. The highest BCUT2D eigenvalue weighted by atomic mass is 79.9. The molecule has 13 nitrogen and oxygen atoms in total. The van der Waals surface area contributed by atoms with E-state index >= 15 is 0 Å². The van der Waals surface area contributed by atoms with Crippen molar-refractivity contribution in [2.75, 3.05) is 7.11 Å². The molecule has 0 radical (unpaired) electrons. The summed E-state index contributed by atoms with van der Waals surface area (Å²) in [5.74, 6) is -5.64. The van der Waals surface area contributed by atoms with Gasteiger partial charge >= 0.3 is 23.9 Å². The van der Waals surface area contributed by atoms with Crippen LogP contribution in [0.1, 0.15) is 82.5 Å². The van der Waals surface area contributed by atoms with Crippen LogP contribution < -0.4 is 14.2 Å². The Morgan fingerprint density at radius 1 is 0.690 bits per heavy atom. The first-order chi connectivity index (χ1) is 27.1. The molecule has 4 aromatic rings. The molecule has 0 fully saturated rings. The van der Waals surface area contributed by atoms with Crippen molar-refractivity contribution in [1.29, 1.82) is 0 Å². The molecule has 0 saturated heterocycles. The van der Waals surface area contributed by atoms with Gasteiger partial charge in [0, 0.05) is 17.2 Å². The number of phenols is 2. The van der Waals surface area contributed by atoms with Gasteiger partial charge in [-0.1, -0.05) is 12.1 Å². The third kappa shape index (κ3) is 7.24. The number of aliphatic hydroxyl groups is 1. The molecule has 1 aliphatic rings. The van der Waals surface area contributed by atoms with Gasteiger partial charge < -0.3 is 39.4 Å². The first-order valence-corrected chi connectivity index (χ1v) is 18.5. The Morgan fingerprint density at radius 3 is 1.88 bits per heavy atom. The number of ketones is 1. The second kappa shape index (κ2) is 15.9. The highest BCUT2D eigenvalue weighted by Crippen LogP contribution is 2.45. The zero-order chi connectivity index (χ0) is 43.3. The average molecular weight is 858 g/mol. The van der Waals surface area contributed by atoms with Gasteiger partial charge in [0.1, 0.15) is 38.8 Å². The number of carboxylic acid groups (broad SMARTS) is 1.